The minimum atomic E-state index is -0.202. The standard InChI is InChI=1S/C16H18N2O2/c1-3-11-5-4-6-13(9-11)20-15-10-12(17)7-8-14(15)16(19)18-2/h4-10H,3,17H2,1-2H3,(H,18,19). The van der Waals surface area contributed by atoms with E-state index in [-0.39, 0.29) is 5.91 Å². The summed E-state index contributed by atoms with van der Waals surface area (Å²) in [5.41, 5.74) is 7.96. The Balaban J connectivity index is 2.36. The Bertz CT molecular complexity index is 624. The van der Waals surface area contributed by atoms with Crippen LogP contribution in [0.5, 0.6) is 11.5 Å². The van der Waals surface area contributed by atoms with Gasteiger partial charge in [0.1, 0.15) is 11.5 Å². The van der Waals surface area contributed by atoms with E-state index in [1.54, 1.807) is 25.2 Å². The second-order valence-corrected chi connectivity index (χ2v) is 4.44. The summed E-state index contributed by atoms with van der Waals surface area (Å²) in [5.74, 6) is 0.948. The number of benzene rings is 2. The van der Waals surface area contributed by atoms with E-state index >= 15 is 0 Å². The van der Waals surface area contributed by atoms with Gasteiger partial charge in [0.05, 0.1) is 5.56 Å². The molecule has 0 atom stereocenters. The van der Waals surface area contributed by atoms with Gasteiger partial charge in [-0.15, -0.1) is 0 Å². The third kappa shape index (κ3) is 3.09. The maximum atomic E-state index is 11.8. The lowest BCUT2D eigenvalue weighted by Gasteiger charge is -2.12. The number of hydrogen-bond donors (Lipinski definition) is 2. The number of nitrogen functional groups attached to an aromatic ring is 1. The van der Waals surface area contributed by atoms with Crippen molar-refractivity contribution < 1.29 is 9.53 Å². The first kappa shape index (κ1) is 13.9. The highest BCUT2D eigenvalue weighted by Crippen LogP contribution is 2.28. The van der Waals surface area contributed by atoms with Gasteiger partial charge in [0.2, 0.25) is 0 Å². The number of aryl methyl sites for hydroxylation is 1. The van der Waals surface area contributed by atoms with E-state index in [0.717, 1.165) is 6.42 Å². The zero-order valence-corrected chi connectivity index (χ0v) is 11.6. The van der Waals surface area contributed by atoms with Crippen LogP contribution in [0.1, 0.15) is 22.8 Å². The van der Waals surface area contributed by atoms with Crippen molar-refractivity contribution in [3.05, 3.63) is 53.6 Å². The summed E-state index contributed by atoms with van der Waals surface area (Å²) >= 11 is 0. The van der Waals surface area contributed by atoms with E-state index in [1.807, 2.05) is 24.3 Å². The summed E-state index contributed by atoms with van der Waals surface area (Å²) in [5, 5.41) is 2.59. The van der Waals surface area contributed by atoms with Gasteiger partial charge in [-0.1, -0.05) is 19.1 Å². The molecule has 0 aliphatic carbocycles. The molecule has 0 heterocycles. The molecule has 3 N–H and O–H groups in total. The third-order valence-corrected chi connectivity index (χ3v) is 3.01. The van der Waals surface area contributed by atoms with Crippen LogP contribution in [-0.4, -0.2) is 13.0 Å². The number of rotatable bonds is 4. The third-order valence-electron chi connectivity index (χ3n) is 3.01. The summed E-state index contributed by atoms with van der Waals surface area (Å²) in [4.78, 5) is 11.8. The van der Waals surface area contributed by atoms with Crippen LogP contribution in [0.25, 0.3) is 0 Å². The lowest BCUT2D eigenvalue weighted by molar-refractivity contribution is 0.0961. The molecule has 0 aromatic heterocycles. The maximum Gasteiger partial charge on any atom is 0.254 e. The number of carbonyl (C=O) groups is 1. The van der Waals surface area contributed by atoms with E-state index in [0.29, 0.717) is 22.7 Å². The van der Waals surface area contributed by atoms with Gasteiger partial charge in [0, 0.05) is 18.8 Å². The van der Waals surface area contributed by atoms with Crippen LogP contribution in [0.3, 0.4) is 0 Å². The quantitative estimate of drug-likeness (QED) is 0.839. The zero-order chi connectivity index (χ0) is 14.5. The van der Waals surface area contributed by atoms with E-state index < -0.39 is 0 Å². The van der Waals surface area contributed by atoms with Crippen molar-refractivity contribution in [2.24, 2.45) is 0 Å². The van der Waals surface area contributed by atoms with Gasteiger partial charge in [-0.05, 0) is 36.2 Å². The van der Waals surface area contributed by atoms with E-state index in [4.69, 9.17) is 10.5 Å². The predicted molar refractivity (Wildman–Crippen MR) is 80.1 cm³/mol. The first-order valence-corrected chi connectivity index (χ1v) is 6.52. The number of hydrogen-bond acceptors (Lipinski definition) is 3. The molecule has 20 heavy (non-hydrogen) atoms. The van der Waals surface area contributed by atoms with Gasteiger partial charge in [0.15, 0.2) is 0 Å². The fourth-order valence-electron chi connectivity index (χ4n) is 1.90. The van der Waals surface area contributed by atoms with Crippen LogP contribution in [-0.2, 0) is 6.42 Å². The van der Waals surface area contributed by atoms with Gasteiger partial charge in [-0.2, -0.15) is 0 Å². The summed E-state index contributed by atoms with van der Waals surface area (Å²) in [6.07, 6.45) is 0.927. The molecular weight excluding hydrogens is 252 g/mol. The van der Waals surface area contributed by atoms with Crippen LogP contribution < -0.4 is 15.8 Å². The molecule has 2 aromatic rings. The largest absolute Gasteiger partial charge is 0.456 e. The van der Waals surface area contributed by atoms with Crippen molar-refractivity contribution in [2.45, 2.75) is 13.3 Å². The highest BCUT2D eigenvalue weighted by molar-refractivity contribution is 5.97. The van der Waals surface area contributed by atoms with Crippen molar-refractivity contribution in [2.75, 3.05) is 12.8 Å². The number of nitrogens with one attached hydrogen (secondary N) is 1. The molecule has 104 valence electrons. The fourth-order valence-corrected chi connectivity index (χ4v) is 1.90. The minimum absolute atomic E-state index is 0.202. The molecule has 2 rings (SSSR count). The molecule has 1 amide bonds. The van der Waals surface area contributed by atoms with Gasteiger partial charge < -0.3 is 15.8 Å². The van der Waals surface area contributed by atoms with Crippen molar-refractivity contribution in [1.82, 2.24) is 5.32 Å². The molecular formula is C16H18N2O2. The van der Waals surface area contributed by atoms with Crippen LogP contribution in [0.2, 0.25) is 0 Å². The maximum absolute atomic E-state index is 11.8. The van der Waals surface area contributed by atoms with E-state index in [1.165, 1.54) is 5.56 Å². The molecule has 0 unspecified atom stereocenters. The van der Waals surface area contributed by atoms with Crippen LogP contribution in [0, 0.1) is 0 Å². The molecule has 0 bridgehead atoms. The molecule has 0 radical (unpaired) electrons. The summed E-state index contributed by atoms with van der Waals surface area (Å²) in [6, 6.07) is 12.8. The van der Waals surface area contributed by atoms with E-state index in [2.05, 4.69) is 12.2 Å². The highest BCUT2D eigenvalue weighted by Gasteiger charge is 2.12. The van der Waals surface area contributed by atoms with Gasteiger partial charge >= 0.3 is 0 Å². The Morgan fingerprint density at radius 2 is 2.05 bits per heavy atom. The topological polar surface area (TPSA) is 64.3 Å². The molecule has 0 fully saturated rings. The molecule has 0 saturated carbocycles. The van der Waals surface area contributed by atoms with Crippen LogP contribution in [0.15, 0.2) is 42.5 Å². The SMILES string of the molecule is CCc1cccc(Oc2cc(N)ccc2C(=O)NC)c1. The van der Waals surface area contributed by atoms with Gasteiger partial charge in [-0.25, -0.2) is 0 Å². The van der Waals surface area contributed by atoms with Crippen molar-refractivity contribution in [1.29, 1.82) is 0 Å². The van der Waals surface area contributed by atoms with Crippen molar-refractivity contribution >= 4 is 11.6 Å². The Morgan fingerprint density at radius 1 is 1.25 bits per heavy atom. The molecule has 0 aliphatic heterocycles. The highest BCUT2D eigenvalue weighted by atomic mass is 16.5. The van der Waals surface area contributed by atoms with Gasteiger partial charge in [0.25, 0.3) is 5.91 Å². The average Bonchev–Trinajstić information content (AvgIpc) is 2.47. The number of ether oxygens (including phenoxy) is 1. The lowest BCUT2D eigenvalue weighted by Crippen LogP contribution is -2.18. The molecule has 0 saturated heterocycles. The number of nitrogens with two attached hydrogens (primary N) is 1. The normalized spacial score (nSPS) is 10.1. The number of anilines is 1. The second-order valence-electron chi connectivity index (χ2n) is 4.44. The first-order chi connectivity index (χ1) is 9.63. The smallest absolute Gasteiger partial charge is 0.254 e. The average molecular weight is 270 g/mol. The lowest BCUT2D eigenvalue weighted by atomic mass is 10.1. The van der Waals surface area contributed by atoms with Gasteiger partial charge in [-0.3, -0.25) is 4.79 Å². The summed E-state index contributed by atoms with van der Waals surface area (Å²) in [6.45, 7) is 2.08. The Morgan fingerprint density at radius 3 is 2.75 bits per heavy atom. The number of amides is 1. The first-order valence-electron chi connectivity index (χ1n) is 6.52. The van der Waals surface area contributed by atoms with Crippen LogP contribution >= 0.6 is 0 Å². The Hall–Kier alpha value is -2.49. The molecule has 0 aliphatic rings. The summed E-state index contributed by atoms with van der Waals surface area (Å²) < 4.78 is 5.81. The fraction of sp³-hybridized carbons (Fsp3) is 0.188. The van der Waals surface area contributed by atoms with Crippen LogP contribution in [0.4, 0.5) is 5.69 Å². The second kappa shape index (κ2) is 6.10. The minimum Gasteiger partial charge on any atom is -0.456 e. The Kier molecular flexibility index (Phi) is 4.25. The van der Waals surface area contributed by atoms with E-state index in [9.17, 15) is 4.79 Å². The molecule has 0 spiro atoms. The number of carbonyl (C=O) groups excluding carboxylic acids is 1. The molecule has 4 nitrogen and oxygen atoms in total. The van der Waals surface area contributed by atoms with Crippen molar-refractivity contribution in [3.8, 4) is 11.5 Å². The Labute approximate surface area is 118 Å². The monoisotopic (exact) mass is 270 g/mol. The predicted octanol–water partition coefficient (Wildman–Crippen LogP) is 2.98. The molecule has 2 aromatic carbocycles. The summed E-state index contributed by atoms with van der Waals surface area (Å²) in [7, 11) is 1.58. The molecule has 4 heteroatoms. The van der Waals surface area contributed by atoms with Crippen molar-refractivity contribution in [3.63, 3.8) is 0 Å². The zero-order valence-electron chi connectivity index (χ0n) is 11.6.